The fourth-order valence-corrected chi connectivity index (χ4v) is 5.72. The average molecular weight is 490 g/mol. The number of urea groups is 2. The van der Waals surface area contributed by atoms with E-state index in [0.29, 0.717) is 13.1 Å². The Hall–Kier alpha value is -3.39. The van der Waals surface area contributed by atoms with Crippen molar-refractivity contribution in [3.8, 4) is 0 Å². The average Bonchev–Trinajstić information content (AvgIpc) is 3.17. The number of amides is 5. The van der Waals surface area contributed by atoms with Crippen molar-refractivity contribution in [1.29, 1.82) is 0 Å². The minimum absolute atomic E-state index is 0.0787. The predicted octanol–water partition coefficient (Wildman–Crippen LogP) is 3.54. The standard InChI is InChI=1S/C28H35N5O3/c34-25-28(21-10-4-1-5-11-21,22-12-6-2-7-13-22)31-27(36)33(25)20-32-18-16-24(17-19-32)30-26(35)29-23-14-8-3-9-15-23/h1-2,4-7,10-13,23-24H,3,8-9,14-20H2,(H,31,36)(H2,29,30,35). The van der Waals surface area contributed by atoms with Gasteiger partial charge in [0.25, 0.3) is 5.91 Å². The number of likely N-dealkylation sites (tertiary alicyclic amines) is 1. The maximum atomic E-state index is 13.9. The molecule has 36 heavy (non-hydrogen) atoms. The van der Waals surface area contributed by atoms with Crippen LogP contribution in [0.25, 0.3) is 0 Å². The van der Waals surface area contributed by atoms with E-state index < -0.39 is 5.54 Å². The number of rotatable bonds is 6. The molecule has 0 bridgehead atoms. The molecule has 0 spiro atoms. The van der Waals surface area contributed by atoms with E-state index in [1.165, 1.54) is 24.2 Å². The lowest BCUT2D eigenvalue weighted by Gasteiger charge is -2.34. The fourth-order valence-electron chi connectivity index (χ4n) is 5.72. The first-order valence-corrected chi connectivity index (χ1v) is 13.1. The second-order valence-electron chi connectivity index (χ2n) is 10.1. The molecular weight excluding hydrogens is 454 g/mol. The van der Waals surface area contributed by atoms with Crippen molar-refractivity contribution in [3.05, 3.63) is 71.8 Å². The monoisotopic (exact) mass is 489 g/mol. The number of hydrogen-bond acceptors (Lipinski definition) is 4. The summed E-state index contributed by atoms with van der Waals surface area (Å²) in [4.78, 5) is 42.8. The minimum Gasteiger partial charge on any atom is -0.335 e. The van der Waals surface area contributed by atoms with Crippen LogP contribution in [-0.2, 0) is 10.3 Å². The van der Waals surface area contributed by atoms with E-state index in [1.54, 1.807) is 0 Å². The zero-order chi connectivity index (χ0) is 25.0. The van der Waals surface area contributed by atoms with Gasteiger partial charge in [-0.1, -0.05) is 79.9 Å². The number of piperidine rings is 1. The van der Waals surface area contributed by atoms with Gasteiger partial charge in [-0.15, -0.1) is 0 Å². The summed E-state index contributed by atoms with van der Waals surface area (Å²) in [6.45, 7) is 1.64. The van der Waals surface area contributed by atoms with Crippen molar-refractivity contribution in [3.63, 3.8) is 0 Å². The maximum Gasteiger partial charge on any atom is 0.326 e. The molecule has 3 fully saturated rings. The summed E-state index contributed by atoms with van der Waals surface area (Å²) in [6, 6.07) is 18.7. The molecule has 2 aliphatic heterocycles. The number of carbonyl (C=O) groups is 3. The van der Waals surface area contributed by atoms with Gasteiger partial charge < -0.3 is 16.0 Å². The van der Waals surface area contributed by atoms with Crippen LogP contribution in [0.1, 0.15) is 56.1 Å². The van der Waals surface area contributed by atoms with Crippen molar-refractivity contribution in [2.24, 2.45) is 0 Å². The lowest BCUT2D eigenvalue weighted by molar-refractivity contribution is -0.131. The lowest BCUT2D eigenvalue weighted by atomic mass is 9.83. The molecule has 8 nitrogen and oxygen atoms in total. The summed E-state index contributed by atoms with van der Waals surface area (Å²) in [5.74, 6) is -0.267. The number of imide groups is 1. The molecule has 2 aromatic rings. The molecule has 5 amide bonds. The molecule has 190 valence electrons. The Bertz CT molecular complexity index is 1020. The Labute approximate surface area is 212 Å². The van der Waals surface area contributed by atoms with E-state index in [1.807, 2.05) is 60.7 Å². The smallest absolute Gasteiger partial charge is 0.326 e. The number of nitrogens with zero attached hydrogens (tertiary/aromatic N) is 2. The van der Waals surface area contributed by atoms with Crippen LogP contribution in [0.5, 0.6) is 0 Å². The largest absolute Gasteiger partial charge is 0.335 e. The van der Waals surface area contributed by atoms with Crippen LogP contribution >= 0.6 is 0 Å². The van der Waals surface area contributed by atoms with Gasteiger partial charge in [-0.25, -0.2) is 14.5 Å². The van der Waals surface area contributed by atoms with E-state index in [-0.39, 0.29) is 36.7 Å². The second kappa shape index (κ2) is 10.7. The van der Waals surface area contributed by atoms with Crippen LogP contribution in [0.15, 0.2) is 60.7 Å². The van der Waals surface area contributed by atoms with Gasteiger partial charge >= 0.3 is 12.1 Å². The Morgan fingerprint density at radius 1 is 0.806 bits per heavy atom. The van der Waals surface area contributed by atoms with Gasteiger partial charge in [0, 0.05) is 25.2 Å². The fraction of sp³-hybridized carbons (Fsp3) is 0.464. The molecule has 5 rings (SSSR count). The topological polar surface area (TPSA) is 93.8 Å². The Morgan fingerprint density at radius 3 is 1.89 bits per heavy atom. The molecular formula is C28H35N5O3. The predicted molar refractivity (Wildman–Crippen MR) is 137 cm³/mol. The van der Waals surface area contributed by atoms with Crippen molar-refractivity contribution in [2.45, 2.75) is 62.6 Å². The van der Waals surface area contributed by atoms with E-state index in [4.69, 9.17) is 0 Å². The molecule has 0 radical (unpaired) electrons. The lowest BCUT2D eigenvalue weighted by Crippen LogP contribution is -2.52. The van der Waals surface area contributed by atoms with E-state index in [2.05, 4.69) is 20.9 Å². The summed E-state index contributed by atoms with van der Waals surface area (Å²) in [5.41, 5.74) is 0.240. The van der Waals surface area contributed by atoms with Gasteiger partial charge in [0.15, 0.2) is 5.54 Å². The number of carbonyl (C=O) groups excluding carboxylic acids is 3. The first-order chi connectivity index (χ1) is 17.6. The number of benzene rings is 2. The number of nitrogens with one attached hydrogen (secondary N) is 3. The van der Waals surface area contributed by atoms with Crippen LogP contribution in [0, 0.1) is 0 Å². The Balaban J connectivity index is 1.21. The molecule has 0 aromatic heterocycles. The minimum atomic E-state index is -1.24. The van der Waals surface area contributed by atoms with Gasteiger partial charge in [-0.3, -0.25) is 9.69 Å². The highest BCUT2D eigenvalue weighted by molar-refractivity contribution is 6.09. The van der Waals surface area contributed by atoms with Crippen molar-refractivity contribution in [1.82, 2.24) is 25.8 Å². The summed E-state index contributed by atoms with van der Waals surface area (Å²) in [7, 11) is 0. The van der Waals surface area contributed by atoms with Crippen molar-refractivity contribution < 1.29 is 14.4 Å². The molecule has 2 heterocycles. The molecule has 8 heteroatoms. The van der Waals surface area contributed by atoms with Crippen LogP contribution < -0.4 is 16.0 Å². The highest BCUT2D eigenvalue weighted by Crippen LogP contribution is 2.36. The third kappa shape index (κ3) is 4.95. The summed E-state index contributed by atoms with van der Waals surface area (Å²) in [6.07, 6.45) is 7.31. The summed E-state index contributed by atoms with van der Waals surface area (Å²) < 4.78 is 0. The molecule has 0 unspecified atom stereocenters. The van der Waals surface area contributed by atoms with E-state index >= 15 is 0 Å². The third-order valence-corrected chi connectivity index (χ3v) is 7.72. The van der Waals surface area contributed by atoms with Crippen LogP contribution in [0.4, 0.5) is 9.59 Å². The van der Waals surface area contributed by atoms with Crippen molar-refractivity contribution >= 4 is 18.0 Å². The SMILES string of the molecule is O=C(NC1CCCCC1)NC1CCN(CN2C(=O)NC(c3ccccc3)(c3ccccc3)C2=O)CC1. The van der Waals surface area contributed by atoms with Gasteiger partial charge in [0.1, 0.15) is 0 Å². The molecule has 3 N–H and O–H groups in total. The number of hydrogen-bond donors (Lipinski definition) is 3. The highest BCUT2D eigenvalue weighted by Gasteiger charge is 2.54. The van der Waals surface area contributed by atoms with E-state index in [0.717, 1.165) is 36.8 Å². The third-order valence-electron chi connectivity index (χ3n) is 7.72. The van der Waals surface area contributed by atoms with Gasteiger partial charge in [-0.2, -0.15) is 0 Å². The molecule has 0 atom stereocenters. The molecule has 1 aliphatic carbocycles. The summed E-state index contributed by atoms with van der Waals surface area (Å²) in [5, 5.41) is 9.24. The Kier molecular flexibility index (Phi) is 7.23. The normalized spacial score (nSPS) is 21.3. The van der Waals surface area contributed by atoms with Gasteiger partial charge in [0.05, 0.1) is 6.67 Å². The zero-order valence-corrected chi connectivity index (χ0v) is 20.6. The first-order valence-electron chi connectivity index (χ1n) is 13.1. The van der Waals surface area contributed by atoms with Gasteiger partial charge in [0.2, 0.25) is 0 Å². The van der Waals surface area contributed by atoms with Crippen LogP contribution in [-0.4, -0.2) is 59.6 Å². The molecule has 1 saturated carbocycles. The van der Waals surface area contributed by atoms with Crippen molar-refractivity contribution in [2.75, 3.05) is 19.8 Å². The Morgan fingerprint density at radius 2 is 1.33 bits per heavy atom. The first kappa shape index (κ1) is 24.3. The molecule has 2 aromatic carbocycles. The molecule has 2 saturated heterocycles. The van der Waals surface area contributed by atoms with Crippen LogP contribution in [0.3, 0.4) is 0 Å². The zero-order valence-electron chi connectivity index (χ0n) is 20.6. The highest BCUT2D eigenvalue weighted by atomic mass is 16.2. The second-order valence-corrected chi connectivity index (χ2v) is 10.1. The summed E-state index contributed by atoms with van der Waals surface area (Å²) >= 11 is 0. The molecule has 3 aliphatic rings. The van der Waals surface area contributed by atoms with Gasteiger partial charge in [-0.05, 0) is 36.8 Å². The van der Waals surface area contributed by atoms with E-state index in [9.17, 15) is 14.4 Å². The maximum absolute atomic E-state index is 13.9. The quantitative estimate of drug-likeness (QED) is 0.541. The van der Waals surface area contributed by atoms with Crippen LogP contribution in [0.2, 0.25) is 0 Å².